The monoisotopic (exact) mass is 367 g/mol. The minimum Gasteiger partial charge on any atom is -0.477 e. The molecule has 2 aliphatic rings. The number of carboxylic acid groups (broad SMARTS) is 1. The Balaban J connectivity index is 1.79. The topological polar surface area (TPSA) is 81.7 Å². The van der Waals surface area contributed by atoms with Crippen molar-refractivity contribution in [2.45, 2.75) is 30.6 Å². The first-order valence-corrected chi connectivity index (χ1v) is 9.54. The van der Waals surface area contributed by atoms with Gasteiger partial charge in [0, 0.05) is 12.1 Å². The summed E-state index contributed by atoms with van der Waals surface area (Å²) in [6.45, 7) is 1.82. The number of hydrogen-bond donors (Lipinski definition) is 2. The molecule has 0 saturated carbocycles. The van der Waals surface area contributed by atoms with Gasteiger partial charge in [0.2, 0.25) is 5.91 Å². The van der Waals surface area contributed by atoms with Crippen molar-refractivity contribution in [1.29, 1.82) is 0 Å². The molecule has 8 heteroatoms. The highest BCUT2D eigenvalue weighted by Crippen LogP contribution is 2.54. The van der Waals surface area contributed by atoms with Crippen LogP contribution in [-0.4, -0.2) is 38.5 Å². The summed E-state index contributed by atoms with van der Waals surface area (Å²) in [5, 5.41) is 19.2. The molecule has 1 aromatic heterocycles. The van der Waals surface area contributed by atoms with E-state index in [-0.39, 0.29) is 17.0 Å². The number of rotatable bonds is 6. The fraction of sp³-hybridized carbons (Fsp3) is 0.438. The van der Waals surface area contributed by atoms with Crippen molar-refractivity contribution in [3.63, 3.8) is 0 Å². The summed E-state index contributed by atoms with van der Waals surface area (Å²) in [7, 11) is 1.94. The number of aryl methyl sites for hydroxylation is 1. The summed E-state index contributed by atoms with van der Waals surface area (Å²) in [6, 6.07) is 5.85. The second-order valence-corrected chi connectivity index (χ2v) is 8.12. The number of amides is 1. The van der Waals surface area contributed by atoms with Crippen LogP contribution in [-0.2, 0) is 22.4 Å². The minimum absolute atomic E-state index is 0.0538. The third-order valence-corrected chi connectivity index (χ3v) is 6.99. The number of carbonyl (C=O) groups is 2. The molecule has 6 nitrogen and oxygen atoms in total. The number of aromatic nitrogens is 1. The zero-order valence-electron chi connectivity index (χ0n) is 13.4. The summed E-state index contributed by atoms with van der Waals surface area (Å²) in [5.41, 5.74) is 1.11. The molecule has 0 spiro atoms. The van der Waals surface area contributed by atoms with Crippen LogP contribution in [0.25, 0.3) is 0 Å². The van der Waals surface area contributed by atoms with Gasteiger partial charge in [-0.2, -0.15) is 0 Å². The maximum Gasteiger partial charge on any atom is 0.354 e. The Morgan fingerprint density at radius 2 is 2.25 bits per heavy atom. The van der Waals surface area contributed by atoms with E-state index >= 15 is 0 Å². The largest absolute Gasteiger partial charge is 0.477 e. The maximum absolute atomic E-state index is 12.3. The quantitative estimate of drug-likeness (QED) is 0.583. The molecule has 128 valence electrons. The number of thioether (sulfide) groups is 2. The molecule has 0 radical (unpaired) electrons. The molecule has 1 aromatic rings. The minimum atomic E-state index is -1.09. The molecule has 3 atom stereocenters. The Kier molecular flexibility index (Phi) is 4.89. The zero-order chi connectivity index (χ0) is 17.4. The Labute approximate surface area is 148 Å². The van der Waals surface area contributed by atoms with Gasteiger partial charge in [0.1, 0.15) is 12.4 Å². The van der Waals surface area contributed by atoms with E-state index < -0.39 is 18.0 Å². The van der Waals surface area contributed by atoms with E-state index in [4.69, 9.17) is 0 Å². The molecule has 24 heavy (non-hydrogen) atoms. The van der Waals surface area contributed by atoms with Crippen LogP contribution in [0.3, 0.4) is 0 Å². The van der Waals surface area contributed by atoms with Gasteiger partial charge in [0.05, 0.1) is 22.0 Å². The highest BCUT2D eigenvalue weighted by molar-refractivity contribution is 8.22. The van der Waals surface area contributed by atoms with E-state index in [1.165, 1.54) is 28.4 Å². The second kappa shape index (κ2) is 6.78. The van der Waals surface area contributed by atoms with Gasteiger partial charge < -0.3 is 10.2 Å². The lowest BCUT2D eigenvalue weighted by molar-refractivity contribution is -0.678. The van der Waals surface area contributed by atoms with Gasteiger partial charge in [-0.15, -0.1) is 11.8 Å². The lowest BCUT2D eigenvalue weighted by atomic mass is 9.90. The van der Waals surface area contributed by atoms with Gasteiger partial charge >= 0.3 is 5.97 Å². The summed E-state index contributed by atoms with van der Waals surface area (Å²) >= 11 is 2.80. The highest BCUT2D eigenvalue weighted by Gasteiger charge is 2.58. The predicted molar refractivity (Wildman–Crippen MR) is 91.6 cm³/mol. The molecule has 0 bridgehead atoms. The molecule has 1 amide bonds. The molecule has 2 aliphatic heterocycles. The second-order valence-electron chi connectivity index (χ2n) is 5.75. The Hall–Kier alpha value is -1.51. The van der Waals surface area contributed by atoms with Gasteiger partial charge in [-0.3, -0.25) is 9.69 Å². The number of β-lactam (4-membered cyclic amide) rings is 1. The maximum atomic E-state index is 12.3. The molecule has 1 fully saturated rings. The molecule has 0 aromatic carbocycles. The van der Waals surface area contributed by atoms with E-state index in [0.717, 1.165) is 5.69 Å². The SMILES string of the molecule is CC[C@H](O)[C@@H]1C(=O)N2C(C(=O)O)=C(SCc3cccc[n+]3C)S[C@H]12. The third kappa shape index (κ3) is 2.82. The molecule has 0 aliphatic carbocycles. The molecule has 1 saturated heterocycles. The van der Waals surface area contributed by atoms with Crippen LogP contribution in [0.1, 0.15) is 19.0 Å². The van der Waals surface area contributed by atoms with Crippen LogP contribution in [0.2, 0.25) is 0 Å². The molecular formula is C16H19N2O4S2+. The van der Waals surface area contributed by atoms with Gasteiger partial charge in [-0.25, -0.2) is 9.36 Å². The smallest absolute Gasteiger partial charge is 0.354 e. The van der Waals surface area contributed by atoms with Crippen LogP contribution < -0.4 is 4.57 Å². The molecule has 0 unspecified atom stereocenters. The zero-order valence-corrected chi connectivity index (χ0v) is 15.0. The van der Waals surface area contributed by atoms with Crippen LogP contribution in [0.5, 0.6) is 0 Å². The number of hydrogen-bond acceptors (Lipinski definition) is 5. The van der Waals surface area contributed by atoms with E-state index in [1.807, 2.05) is 42.9 Å². The average Bonchev–Trinajstić information content (AvgIpc) is 2.88. The lowest BCUT2D eigenvalue weighted by Crippen LogP contribution is -2.61. The number of nitrogens with zero attached hydrogens (tertiary/aromatic N) is 2. The van der Waals surface area contributed by atoms with Crippen LogP contribution in [0.4, 0.5) is 0 Å². The van der Waals surface area contributed by atoms with Crippen LogP contribution >= 0.6 is 23.5 Å². The highest BCUT2D eigenvalue weighted by atomic mass is 32.2. The Bertz CT molecular complexity index is 722. The third-order valence-electron chi connectivity index (χ3n) is 4.30. The van der Waals surface area contributed by atoms with Crippen molar-refractivity contribution in [1.82, 2.24) is 4.90 Å². The van der Waals surface area contributed by atoms with E-state index in [2.05, 4.69) is 0 Å². The summed E-state index contributed by atoms with van der Waals surface area (Å²) < 4.78 is 2.62. The van der Waals surface area contributed by atoms with E-state index in [9.17, 15) is 19.8 Å². The first-order valence-electron chi connectivity index (χ1n) is 7.67. The number of carbonyl (C=O) groups excluding carboxylic acids is 1. The number of fused-ring (bicyclic) bond motifs is 1. The van der Waals surface area contributed by atoms with Gasteiger partial charge in [0.25, 0.3) is 0 Å². The molecule has 3 heterocycles. The summed E-state index contributed by atoms with van der Waals surface area (Å²) in [4.78, 5) is 25.2. The van der Waals surface area contributed by atoms with Crippen molar-refractivity contribution >= 4 is 35.4 Å². The van der Waals surface area contributed by atoms with Crippen molar-refractivity contribution in [2.75, 3.05) is 0 Å². The van der Waals surface area contributed by atoms with Crippen LogP contribution in [0, 0.1) is 5.92 Å². The standard InChI is InChI=1S/C16H18N2O4S2/c1-3-10(19)11-13(20)18-12(15(21)22)16(24-14(11)18)23-8-9-6-4-5-7-17(9)2/h4-7,10-11,14,19H,3,8H2,1-2H3/p+1/t10-,11+,14+/m0/s1. The average molecular weight is 367 g/mol. The molecule has 3 rings (SSSR count). The van der Waals surface area contributed by atoms with E-state index in [0.29, 0.717) is 16.4 Å². The summed E-state index contributed by atoms with van der Waals surface area (Å²) in [6.07, 6.45) is 1.69. The predicted octanol–water partition coefficient (Wildman–Crippen LogP) is 1.30. The number of aliphatic hydroxyl groups excluding tert-OH is 1. The normalized spacial score (nSPS) is 24.0. The molecule has 2 N–H and O–H groups in total. The molecular weight excluding hydrogens is 348 g/mol. The fourth-order valence-corrected chi connectivity index (χ4v) is 5.78. The van der Waals surface area contributed by atoms with E-state index in [1.54, 1.807) is 0 Å². The fourth-order valence-electron chi connectivity index (χ4n) is 2.86. The van der Waals surface area contributed by atoms with Gasteiger partial charge in [0.15, 0.2) is 17.6 Å². The van der Waals surface area contributed by atoms with Crippen molar-refractivity contribution in [2.24, 2.45) is 13.0 Å². The summed E-state index contributed by atoms with van der Waals surface area (Å²) in [5.74, 6) is -1.28. The Morgan fingerprint density at radius 3 is 2.88 bits per heavy atom. The number of carboxylic acids is 1. The van der Waals surface area contributed by atoms with Crippen molar-refractivity contribution in [3.05, 3.63) is 40.0 Å². The van der Waals surface area contributed by atoms with Gasteiger partial charge in [-0.05, 0) is 6.42 Å². The van der Waals surface area contributed by atoms with Crippen molar-refractivity contribution in [3.8, 4) is 0 Å². The first-order chi connectivity index (χ1) is 11.5. The van der Waals surface area contributed by atoms with Crippen LogP contribution in [0.15, 0.2) is 34.3 Å². The Morgan fingerprint density at radius 1 is 1.50 bits per heavy atom. The van der Waals surface area contributed by atoms with Crippen molar-refractivity contribution < 1.29 is 24.4 Å². The van der Waals surface area contributed by atoms with Gasteiger partial charge in [-0.1, -0.05) is 24.8 Å². The number of aliphatic carboxylic acids is 1. The first kappa shape index (κ1) is 17.3. The number of aliphatic hydroxyl groups is 1. The lowest BCUT2D eigenvalue weighted by Gasteiger charge is -2.44. The number of pyridine rings is 1.